The highest BCUT2D eigenvalue weighted by molar-refractivity contribution is 6.23. The molecule has 8 aromatic rings. The summed E-state index contributed by atoms with van der Waals surface area (Å²) in [6.45, 7) is 0. The lowest BCUT2D eigenvalue weighted by Gasteiger charge is -2.18. The minimum absolute atomic E-state index is 0.686. The number of rotatable bonds is 2. The van der Waals surface area contributed by atoms with Crippen LogP contribution in [0.1, 0.15) is 22.5 Å². The number of benzene rings is 4. The maximum atomic E-state index is 5.36. The third-order valence-electron chi connectivity index (χ3n) is 8.05. The fraction of sp³-hybridized carbons (Fsp3) is 0. The molecule has 0 saturated carbocycles. The second-order valence-corrected chi connectivity index (χ2v) is 10.9. The Hall–Kier alpha value is -6.14. The van der Waals surface area contributed by atoms with E-state index >= 15 is 0 Å². The zero-order chi connectivity index (χ0) is 29.0. The summed E-state index contributed by atoms with van der Waals surface area (Å²) in [5.74, 6) is 0. The first-order chi connectivity index (χ1) is 21.8. The van der Waals surface area contributed by atoms with E-state index in [9.17, 15) is 0 Å². The third kappa shape index (κ3) is 4.04. The van der Waals surface area contributed by atoms with Gasteiger partial charge in [0.15, 0.2) is 0 Å². The molecule has 0 spiro atoms. The van der Waals surface area contributed by atoms with Crippen LogP contribution in [0.2, 0.25) is 0 Å². The number of aromatic nitrogens is 4. The molecule has 0 amide bonds. The SMILES string of the molecule is c1ccc2ncc(C3=Nc4cc5ccccc5nc4C(c4cnc5ccccc5c4)=Nc4cc5ccccc5nc43)cc2c1. The molecule has 0 N–H and O–H groups in total. The van der Waals surface area contributed by atoms with E-state index in [4.69, 9.17) is 29.9 Å². The van der Waals surface area contributed by atoms with Crippen molar-refractivity contribution >= 4 is 66.4 Å². The summed E-state index contributed by atoms with van der Waals surface area (Å²) in [7, 11) is 0. The van der Waals surface area contributed by atoms with Gasteiger partial charge in [-0.15, -0.1) is 0 Å². The predicted octanol–water partition coefficient (Wildman–Crippen LogP) is 8.53. The van der Waals surface area contributed by atoms with Crippen molar-refractivity contribution in [1.29, 1.82) is 0 Å². The molecule has 204 valence electrons. The molecule has 0 atom stereocenters. The standard InChI is InChI=1S/C38H22N6/c1-5-13-29-23(9-1)17-27(21-39-29)35-37-33(19-25-11-3-7-15-31(25)41-37)44-36(28-18-24-10-2-6-14-30(24)40-22-28)38-34(43-35)20-26-12-4-8-16-32(26)42-38/h1-22H. The van der Waals surface area contributed by atoms with Crippen LogP contribution in [0, 0.1) is 0 Å². The maximum absolute atomic E-state index is 5.36. The Morgan fingerprint density at radius 1 is 0.364 bits per heavy atom. The van der Waals surface area contributed by atoms with Gasteiger partial charge in [-0.3, -0.25) is 9.97 Å². The van der Waals surface area contributed by atoms with Crippen molar-refractivity contribution in [2.45, 2.75) is 0 Å². The minimum Gasteiger partial charge on any atom is -0.256 e. The number of fused-ring (bicyclic) bond motifs is 6. The van der Waals surface area contributed by atoms with E-state index in [1.807, 2.05) is 85.2 Å². The van der Waals surface area contributed by atoms with Crippen LogP contribution in [-0.2, 0) is 0 Å². The van der Waals surface area contributed by atoms with E-state index in [0.29, 0.717) is 34.2 Å². The first kappa shape index (κ1) is 24.5. The van der Waals surface area contributed by atoms with Gasteiger partial charge in [0.25, 0.3) is 0 Å². The van der Waals surface area contributed by atoms with Gasteiger partial charge >= 0.3 is 0 Å². The summed E-state index contributed by atoms with van der Waals surface area (Å²) in [5, 5.41) is 4.05. The topological polar surface area (TPSA) is 76.3 Å². The van der Waals surface area contributed by atoms with Crippen LogP contribution < -0.4 is 0 Å². The van der Waals surface area contributed by atoms with Gasteiger partial charge in [-0.05, 0) is 48.5 Å². The molecule has 4 aromatic carbocycles. The van der Waals surface area contributed by atoms with Crippen molar-refractivity contribution in [3.8, 4) is 0 Å². The molecule has 4 aromatic heterocycles. The van der Waals surface area contributed by atoms with Gasteiger partial charge in [0.05, 0.1) is 33.4 Å². The molecular formula is C38H22N6. The quantitative estimate of drug-likeness (QED) is 0.212. The van der Waals surface area contributed by atoms with Crippen molar-refractivity contribution in [1.82, 2.24) is 19.9 Å². The molecule has 0 radical (unpaired) electrons. The molecule has 0 bridgehead atoms. The summed E-state index contributed by atoms with van der Waals surface area (Å²) < 4.78 is 0. The fourth-order valence-electron chi connectivity index (χ4n) is 5.88. The van der Waals surface area contributed by atoms with Crippen molar-refractivity contribution < 1.29 is 0 Å². The number of para-hydroxylation sites is 4. The highest BCUT2D eigenvalue weighted by Crippen LogP contribution is 2.35. The van der Waals surface area contributed by atoms with E-state index in [0.717, 1.165) is 54.7 Å². The molecular weight excluding hydrogens is 540 g/mol. The Bertz CT molecular complexity index is 2340. The third-order valence-corrected chi connectivity index (χ3v) is 8.05. The second kappa shape index (κ2) is 9.71. The summed E-state index contributed by atoms with van der Waals surface area (Å²) in [5.41, 5.74) is 9.48. The molecule has 6 nitrogen and oxygen atoms in total. The van der Waals surface area contributed by atoms with Gasteiger partial charge < -0.3 is 0 Å². The molecule has 44 heavy (non-hydrogen) atoms. The largest absolute Gasteiger partial charge is 0.256 e. The van der Waals surface area contributed by atoms with Gasteiger partial charge in [-0.1, -0.05) is 72.8 Å². The highest BCUT2D eigenvalue weighted by Gasteiger charge is 2.24. The molecule has 6 heteroatoms. The number of pyridine rings is 4. The highest BCUT2D eigenvalue weighted by atomic mass is 14.9. The average molecular weight is 563 g/mol. The first-order valence-corrected chi connectivity index (χ1v) is 14.4. The van der Waals surface area contributed by atoms with Crippen LogP contribution in [0.25, 0.3) is 43.6 Å². The second-order valence-electron chi connectivity index (χ2n) is 10.9. The molecule has 5 heterocycles. The Labute approximate surface area is 252 Å². The molecule has 1 aliphatic rings. The van der Waals surface area contributed by atoms with E-state index < -0.39 is 0 Å². The smallest absolute Gasteiger partial charge is 0.116 e. The van der Waals surface area contributed by atoms with Crippen LogP contribution >= 0.6 is 0 Å². The number of hydrogen-bond donors (Lipinski definition) is 0. The van der Waals surface area contributed by atoms with E-state index in [1.54, 1.807) is 0 Å². The summed E-state index contributed by atoms with van der Waals surface area (Å²) in [4.78, 5) is 30.6. The Kier molecular flexibility index (Phi) is 5.40. The van der Waals surface area contributed by atoms with Crippen LogP contribution in [-0.4, -0.2) is 31.4 Å². The van der Waals surface area contributed by atoms with Crippen molar-refractivity contribution in [2.75, 3.05) is 0 Å². The summed E-state index contributed by atoms with van der Waals surface area (Å²) in [6.07, 6.45) is 3.74. The number of hydrogen-bond acceptors (Lipinski definition) is 6. The molecule has 0 saturated heterocycles. The molecule has 1 aliphatic heterocycles. The first-order valence-electron chi connectivity index (χ1n) is 14.4. The maximum Gasteiger partial charge on any atom is 0.116 e. The lowest BCUT2D eigenvalue weighted by atomic mass is 9.99. The lowest BCUT2D eigenvalue weighted by Crippen LogP contribution is -2.13. The van der Waals surface area contributed by atoms with Crippen LogP contribution in [0.4, 0.5) is 11.4 Å². The zero-order valence-electron chi connectivity index (χ0n) is 23.4. The van der Waals surface area contributed by atoms with Crippen LogP contribution in [0.5, 0.6) is 0 Å². The predicted molar refractivity (Wildman–Crippen MR) is 178 cm³/mol. The molecule has 0 fully saturated rings. The Balaban J connectivity index is 1.39. The van der Waals surface area contributed by atoms with Crippen LogP contribution in [0.3, 0.4) is 0 Å². The summed E-state index contributed by atoms with van der Waals surface area (Å²) in [6, 6.07) is 40.8. The van der Waals surface area contributed by atoms with Gasteiger partial charge in [0.2, 0.25) is 0 Å². The molecule has 9 rings (SSSR count). The Morgan fingerprint density at radius 3 is 1.16 bits per heavy atom. The van der Waals surface area contributed by atoms with E-state index in [1.165, 1.54) is 0 Å². The van der Waals surface area contributed by atoms with Gasteiger partial charge in [-0.25, -0.2) is 20.0 Å². The van der Waals surface area contributed by atoms with Crippen molar-refractivity contribution in [3.63, 3.8) is 0 Å². The fourth-order valence-corrected chi connectivity index (χ4v) is 5.88. The summed E-state index contributed by atoms with van der Waals surface area (Å²) >= 11 is 0. The number of aliphatic imine (C=N–C) groups is 2. The van der Waals surface area contributed by atoms with Crippen molar-refractivity contribution in [2.24, 2.45) is 9.98 Å². The number of nitrogens with zero attached hydrogens (tertiary/aromatic N) is 6. The van der Waals surface area contributed by atoms with E-state index in [2.05, 4.69) is 48.5 Å². The van der Waals surface area contributed by atoms with Gasteiger partial charge in [0, 0.05) is 45.1 Å². The minimum atomic E-state index is 0.686. The van der Waals surface area contributed by atoms with Crippen LogP contribution in [0.15, 0.2) is 144 Å². The zero-order valence-corrected chi connectivity index (χ0v) is 23.4. The molecule has 0 aliphatic carbocycles. The van der Waals surface area contributed by atoms with Gasteiger partial charge in [0.1, 0.15) is 22.8 Å². The molecule has 0 unspecified atom stereocenters. The van der Waals surface area contributed by atoms with Crippen molar-refractivity contribution in [3.05, 3.63) is 156 Å². The van der Waals surface area contributed by atoms with E-state index in [-0.39, 0.29) is 0 Å². The van der Waals surface area contributed by atoms with Gasteiger partial charge in [-0.2, -0.15) is 0 Å². The lowest BCUT2D eigenvalue weighted by molar-refractivity contribution is 1.26. The average Bonchev–Trinajstić information content (AvgIpc) is 3.08. The Morgan fingerprint density at radius 2 is 0.727 bits per heavy atom. The monoisotopic (exact) mass is 562 g/mol. The normalized spacial score (nSPS) is 12.8.